The van der Waals surface area contributed by atoms with Gasteiger partial charge in [-0.05, 0) is 62.1 Å². The van der Waals surface area contributed by atoms with Crippen LogP contribution in [-0.2, 0) is 15.0 Å². The molecule has 2 fully saturated rings. The number of pyridine rings is 1. The van der Waals surface area contributed by atoms with Crippen molar-refractivity contribution in [2.24, 2.45) is 17.8 Å². The van der Waals surface area contributed by atoms with Crippen LogP contribution in [0, 0.1) is 17.8 Å². The summed E-state index contributed by atoms with van der Waals surface area (Å²) in [6, 6.07) is 3.97. The second kappa shape index (κ2) is 7.89. The molecule has 2 saturated carbocycles. The Morgan fingerprint density at radius 3 is 2.31 bits per heavy atom. The number of carbonyl (C=O) groups is 2. The van der Waals surface area contributed by atoms with Crippen LogP contribution in [0.5, 0.6) is 0 Å². The average Bonchev–Trinajstić information content (AvgIpc) is 3.35. The van der Waals surface area contributed by atoms with Gasteiger partial charge in [0.2, 0.25) is 5.91 Å². The van der Waals surface area contributed by atoms with E-state index < -0.39 is 0 Å². The van der Waals surface area contributed by atoms with E-state index in [4.69, 9.17) is 0 Å². The highest BCUT2D eigenvalue weighted by atomic mass is 16.2. The van der Waals surface area contributed by atoms with E-state index in [-0.39, 0.29) is 29.2 Å². The number of aromatic nitrogens is 1. The molecule has 2 atom stereocenters. The highest BCUT2D eigenvalue weighted by Crippen LogP contribution is 2.48. The first-order chi connectivity index (χ1) is 12.4. The predicted octanol–water partition coefficient (Wildman–Crippen LogP) is 4.04. The fourth-order valence-electron chi connectivity index (χ4n) is 4.19. The monoisotopic (exact) mass is 356 g/mol. The van der Waals surface area contributed by atoms with Crippen molar-refractivity contribution in [1.29, 1.82) is 0 Å². The van der Waals surface area contributed by atoms with E-state index in [1.54, 1.807) is 12.4 Å². The number of rotatable bonds is 9. The maximum atomic E-state index is 13.1. The minimum Gasteiger partial charge on any atom is -0.353 e. The molecule has 2 aliphatic rings. The van der Waals surface area contributed by atoms with Crippen molar-refractivity contribution in [1.82, 2.24) is 10.3 Å². The summed E-state index contributed by atoms with van der Waals surface area (Å²) in [5.74, 6) is 1.31. The molecule has 2 unspecified atom stereocenters. The van der Waals surface area contributed by atoms with Gasteiger partial charge >= 0.3 is 0 Å². The van der Waals surface area contributed by atoms with Crippen LogP contribution in [-0.4, -0.2) is 22.7 Å². The van der Waals surface area contributed by atoms with Crippen LogP contribution >= 0.6 is 0 Å². The molecule has 1 aromatic heterocycles. The normalized spacial score (nSPS) is 20.9. The Bertz CT molecular complexity index is 633. The average molecular weight is 357 g/mol. The van der Waals surface area contributed by atoms with Crippen molar-refractivity contribution in [3.8, 4) is 0 Å². The van der Waals surface area contributed by atoms with Gasteiger partial charge in [0.05, 0.1) is 5.41 Å². The van der Waals surface area contributed by atoms with Gasteiger partial charge in [0.1, 0.15) is 5.78 Å². The summed E-state index contributed by atoms with van der Waals surface area (Å²) in [4.78, 5) is 29.7. The van der Waals surface area contributed by atoms with Gasteiger partial charge in [0, 0.05) is 30.3 Å². The molecular weight excluding hydrogens is 324 g/mol. The number of hydrogen-bond donors (Lipinski definition) is 1. The second-order valence-electron chi connectivity index (χ2n) is 8.78. The van der Waals surface area contributed by atoms with Crippen LogP contribution in [0.15, 0.2) is 24.5 Å². The molecule has 1 heterocycles. The quantitative estimate of drug-likeness (QED) is 0.726. The van der Waals surface area contributed by atoms with Gasteiger partial charge in [0.15, 0.2) is 0 Å². The SMILES string of the molecule is CC(C)CC(CC(C)C(=O)C1CCC1)NC(=O)C1(c2ccncc2)CC1. The lowest BCUT2D eigenvalue weighted by Gasteiger charge is -2.30. The Kier molecular flexibility index (Phi) is 5.79. The lowest BCUT2D eigenvalue weighted by atomic mass is 9.76. The number of ketones is 1. The molecule has 1 aromatic rings. The van der Waals surface area contributed by atoms with Crippen molar-refractivity contribution in [3.05, 3.63) is 30.1 Å². The topological polar surface area (TPSA) is 59.1 Å². The van der Waals surface area contributed by atoms with Gasteiger partial charge in [0.25, 0.3) is 0 Å². The van der Waals surface area contributed by atoms with Gasteiger partial charge in [-0.3, -0.25) is 14.6 Å². The van der Waals surface area contributed by atoms with E-state index in [0.29, 0.717) is 11.7 Å². The molecule has 4 nitrogen and oxygen atoms in total. The minimum atomic E-state index is -0.376. The number of nitrogens with zero attached hydrogens (tertiary/aromatic N) is 1. The Labute approximate surface area is 157 Å². The van der Waals surface area contributed by atoms with E-state index in [1.165, 1.54) is 6.42 Å². The third kappa shape index (κ3) is 4.16. The highest BCUT2D eigenvalue weighted by molar-refractivity contribution is 5.91. The summed E-state index contributed by atoms with van der Waals surface area (Å²) >= 11 is 0. The summed E-state index contributed by atoms with van der Waals surface area (Å²) < 4.78 is 0. The molecule has 0 aromatic carbocycles. The smallest absolute Gasteiger partial charge is 0.230 e. The molecule has 0 radical (unpaired) electrons. The molecule has 1 amide bonds. The lowest BCUT2D eigenvalue weighted by molar-refractivity contribution is -0.130. The largest absolute Gasteiger partial charge is 0.353 e. The Morgan fingerprint density at radius 2 is 1.81 bits per heavy atom. The van der Waals surface area contributed by atoms with Crippen molar-refractivity contribution < 1.29 is 9.59 Å². The van der Waals surface area contributed by atoms with Crippen molar-refractivity contribution in [2.45, 2.75) is 77.2 Å². The van der Waals surface area contributed by atoms with Gasteiger partial charge in [-0.15, -0.1) is 0 Å². The molecule has 3 rings (SSSR count). The van der Waals surface area contributed by atoms with Crippen molar-refractivity contribution in [2.75, 3.05) is 0 Å². The zero-order valence-electron chi connectivity index (χ0n) is 16.3. The molecule has 26 heavy (non-hydrogen) atoms. The van der Waals surface area contributed by atoms with E-state index in [2.05, 4.69) is 24.1 Å². The van der Waals surface area contributed by atoms with Crippen LogP contribution in [0.2, 0.25) is 0 Å². The molecule has 4 heteroatoms. The summed E-state index contributed by atoms with van der Waals surface area (Å²) in [6.07, 6.45) is 10.3. The second-order valence-corrected chi connectivity index (χ2v) is 8.78. The van der Waals surface area contributed by atoms with Gasteiger partial charge in [-0.1, -0.05) is 27.2 Å². The van der Waals surface area contributed by atoms with Crippen LogP contribution in [0.3, 0.4) is 0 Å². The Balaban J connectivity index is 1.64. The first-order valence-corrected chi connectivity index (χ1v) is 10.2. The maximum absolute atomic E-state index is 13.1. The van der Waals surface area contributed by atoms with Crippen LogP contribution in [0.25, 0.3) is 0 Å². The van der Waals surface area contributed by atoms with E-state index in [9.17, 15) is 9.59 Å². The zero-order chi connectivity index (χ0) is 18.7. The number of hydrogen-bond acceptors (Lipinski definition) is 3. The van der Waals surface area contributed by atoms with Crippen LogP contribution in [0.1, 0.15) is 71.3 Å². The van der Waals surface area contributed by atoms with E-state index >= 15 is 0 Å². The number of carbonyl (C=O) groups excluding carboxylic acids is 2. The van der Waals surface area contributed by atoms with Gasteiger partial charge in [-0.2, -0.15) is 0 Å². The predicted molar refractivity (Wildman–Crippen MR) is 103 cm³/mol. The van der Waals surface area contributed by atoms with Crippen LogP contribution < -0.4 is 5.32 Å². The summed E-state index contributed by atoms with van der Waals surface area (Å²) in [5.41, 5.74) is 0.686. The molecule has 0 bridgehead atoms. The molecule has 1 N–H and O–H groups in total. The molecule has 0 saturated heterocycles. The summed E-state index contributed by atoms with van der Waals surface area (Å²) in [6.45, 7) is 6.39. The molecule has 0 aliphatic heterocycles. The number of nitrogens with one attached hydrogen (secondary N) is 1. The van der Waals surface area contributed by atoms with Crippen molar-refractivity contribution >= 4 is 11.7 Å². The van der Waals surface area contributed by atoms with Crippen molar-refractivity contribution in [3.63, 3.8) is 0 Å². The summed E-state index contributed by atoms with van der Waals surface area (Å²) in [7, 11) is 0. The number of Topliss-reactive ketones (excluding diaryl/α,β-unsaturated/α-hetero) is 1. The maximum Gasteiger partial charge on any atom is 0.230 e. The van der Waals surface area contributed by atoms with Gasteiger partial charge < -0.3 is 5.32 Å². The lowest BCUT2D eigenvalue weighted by Crippen LogP contribution is -2.44. The van der Waals surface area contributed by atoms with Gasteiger partial charge in [-0.25, -0.2) is 0 Å². The third-order valence-electron chi connectivity index (χ3n) is 6.14. The standard InChI is InChI=1S/C22H32N2O2/c1-15(2)13-19(14-16(3)20(25)17-5-4-6-17)24-21(26)22(9-10-22)18-7-11-23-12-8-18/h7-8,11-12,15-17,19H,4-6,9-10,13-14H2,1-3H3,(H,24,26). The molecule has 0 spiro atoms. The Morgan fingerprint density at radius 1 is 1.15 bits per heavy atom. The first-order valence-electron chi connectivity index (χ1n) is 10.2. The molecule has 142 valence electrons. The van der Waals surface area contributed by atoms with Crippen LogP contribution in [0.4, 0.5) is 0 Å². The van der Waals surface area contributed by atoms with E-state index in [0.717, 1.165) is 44.1 Å². The molecular formula is C22H32N2O2. The highest BCUT2D eigenvalue weighted by Gasteiger charge is 2.51. The fourth-order valence-corrected chi connectivity index (χ4v) is 4.19. The molecule has 2 aliphatic carbocycles. The first kappa shape index (κ1) is 19.1. The Hall–Kier alpha value is -1.71. The minimum absolute atomic E-state index is 0.0282. The fraction of sp³-hybridized carbons (Fsp3) is 0.682. The zero-order valence-corrected chi connectivity index (χ0v) is 16.3. The summed E-state index contributed by atoms with van der Waals surface area (Å²) in [5, 5.41) is 3.30. The van der Waals surface area contributed by atoms with E-state index in [1.807, 2.05) is 19.1 Å². The number of amides is 1. The third-order valence-corrected chi connectivity index (χ3v) is 6.14.